The highest BCUT2D eigenvalue weighted by Crippen LogP contribution is 2.23. The minimum absolute atomic E-state index is 0.106. The molecule has 0 bridgehead atoms. The van der Waals surface area contributed by atoms with Gasteiger partial charge in [-0.2, -0.15) is 0 Å². The molecule has 0 radical (unpaired) electrons. The molecule has 1 heterocycles. The first-order chi connectivity index (χ1) is 12.5. The third-order valence-electron chi connectivity index (χ3n) is 3.87. The molecule has 1 N–H and O–H groups in total. The number of piperidine rings is 1. The molecular weight excluding hydrogens is 447 g/mol. The van der Waals surface area contributed by atoms with Crippen molar-refractivity contribution in [3.05, 3.63) is 52.1 Å². The number of anilines is 2. The Morgan fingerprint density at radius 3 is 2.23 bits per heavy atom. The molecule has 1 aliphatic rings. The minimum atomic E-state index is -0.290. The lowest BCUT2D eigenvalue weighted by Gasteiger charge is -2.24. The Labute approximate surface area is 164 Å². The molecule has 2 aromatic carbocycles. The molecule has 6 nitrogen and oxygen atoms in total. The second-order valence-corrected chi connectivity index (χ2v) is 7.06. The van der Waals surface area contributed by atoms with Crippen molar-refractivity contribution in [3.8, 4) is 5.75 Å². The van der Waals surface area contributed by atoms with E-state index in [2.05, 4.69) is 27.9 Å². The van der Waals surface area contributed by atoms with E-state index in [-0.39, 0.29) is 24.3 Å². The smallest absolute Gasteiger partial charge is 0.262 e. The monoisotopic (exact) mass is 464 g/mol. The van der Waals surface area contributed by atoms with Gasteiger partial charge >= 0.3 is 0 Å². The van der Waals surface area contributed by atoms with Gasteiger partial charge in [0.15, 0.2) is 6.61 Å². The van der Waals surface area contributed by atoms with Crippen molar-refractivity contribution < 1.29 is 19.1 Å². The Balaban J connectivity index is 1.56. The average Bonchev–Trinajstić information content (AvgIpc) is 2.62. The molecule has 0 spiro atoms. The average molecular weight is 464 g/mol. The molecule has 7 heteroatoms. The number of halogens is 1. The summed E-state index contributed by atoms with van der Waals surface area (Å²) < 4.78 is 6.52. The number of nitrogens with one attached hydrogen (secondary N) is 1. The van der Waals surface area contributed by atoms with Crippen LogP contribution in [-0.4, -0.2) is 24.3 Å². The van der Waals surface area contributed by atoms with Crippen LogP contribution in [0, 0.1) is 3.57 Å². The van der Waals surface area contributed by atoms with Crippen LogP contribution in [-0.2, 0) is 14.4 Å². The van der Waals surface area contributed by atoms with Gasteiger partial charge in [0, 0.05) is 22.1 Å². The number of rotatable bonds is 5. The van der Waals surface area contributed by atoms with E-state index in [0.717, 1.165) is 3.57 Å². The molecule has 2 aromatic rings. The predicted octanol–water partition coefficient (Wildman–Crippen LogP) is 3.35. The number of benzene rings is 2. The van der Waals surface area contributed by atoms with E-state index >= 15 is 0 Å². The van der Waals surface area contributed by atoms with Crippen molar-refractivity contribution in [2.45, 2.75) is 19.3 Å². The van der Waals surface area contributed by atoms with Crippen LogP contribution >= 0.6 is 22.6 Å². The molecule has 1 saturated heterocycles. The molecule has 134 valence electrons. The Bertz CT molecular complexity index is 802. The van der Waals surface area contributed by atoms with Gasteiger partial charge in [-0.15, -0.1) is 0 Å². The van der Waals surface area contributed by atoms with Crippen LogP contribution in [0.2, 0.25) is 0 Å². The van der Waals surface area contributed by atoms with E-state index in [9.17, 15) is 14.4 Å². The lowest BCUT2D eigenvalue weighted by atomic mass is 10.1. The van der Waals surface area contributed by atoms with Crippen LogP contribution in [0.5, 0.6) is 5.75 Å². The maximum absolute atomic E-state index is 12.0. The van der Waals surface area contributed by atoms with Crippen LogP contribution in [0.4, 0.5) is 11.4 Å². The Hall–Kier alpha value is -2.42. The van der Waals surface area contributed by atoms with Crippen LogP contribution in [0.3, 0.4) is 0 Å². The SMILES string of the molecule is O=C(COc1ccc(I)cc1)Nc1ccc(N2C(=O)CCCC2=O)cc1. The summed E-state index contributed by atoms with van der Waals surface area (Å²) in [6, 6.07) is 14.0. The maximum atomic E-state index is 12.0. The van der Waals surface area contributed by atoms with E-state index in [4.69, 9.17) is 4.74 Å². The third-order valence-corrected chi connectivity index (χ3v) is 4.59. The number of carbonyl (C=O) groups is 3. The van der Waals surface area contributed by atoms with Gasteiger partial charge in [0.2, 0.25) is 11.8 Å². The molecule has 1 fully saturated rings. The van der Waals surface area contributed by atoms with E-state index in [1.54, 1.807) is 36.4 Å². The summed E-state index contributed by atoms with van der Waals surface area (Å²) in [5.41, 5.74) is 1.09. The minimum Gasteiger partial charge on any atom is -0.484 e. The summed E-state index contributed by atoms with van der Waals surface area (Å²) in [6.07, 6.45) is 1.35. The fourth-order valence-corrected chi connectivity index (χ4v) is 2.97. The van der Waals surface area contributed by atoms with Gasteiger partial charge in [-0.05, 0) is 77.5 Å². The zero-order chi connectivity index (χ0) is 18.5. The van der Waals surface area contributed by atoms with Gasteiger partial charge in [0.05, 0.1) is 5.69 Å². The normalized spacial score (nSPS) is 14.3. The quantitative estimate of drug-likeness (QED) is 0.544. The fraction of sp³-hybridized carbons (Fsp3) is 0.211. The summed E-state index contributed by atoms with van der Waals surface area (Å²) in [5.74, 6) is -0.0487. The van der Waals surface area contributed by atoms with Crippen LogP contribution < -0.4 is 15.0 Å². The summed E-state index contributed by atoms with van der Waals surface area (Å²) in [5, 5.41) is 2.72. The standard InChI is InChI=1S/C19H17IN2O4/c20-13-4-10-16(11-5-13)26-12-17(23)21-14-6-8-15(9-7-14)22-18(24)2-1-3-19(22)25/h4-11H,1-3,12H2,(H,21,23). The molecule has 0 aromatic heterocycles. The molecule has 0 atom stereocenters. The summed E-state index contributed by atoms with van der Waals surface area (Å²) in [6.45, 7) is -0.106. The van der Waals surface area contributed by atoms with Crippen molar-refractivity contribution in [3.63, 3.8) is 0 Å². The Morgan fingerprint density at radius 2 is 1.62 bits per heavy atom. The summed E-state index contributed by atoms with van der Waals surface area (Å²) in [7, 11) is 0. The molecule has 0 saturated carbocycles. The van der Waals surface area contributed by atoms with Gasteiger partial charge in [-0.1, -0.05) is 0 Å². The van der Waals surface area contributed by atoms with Crippen molar-refractivity contribution in [1.29, 1.82) is 0 Å². The highest BCUT2D eigenvalue weighted by Gasteiger charge is 2.27. The topological polar surface area (TPSA) is 75.7 Å². The number of hydrogen-bond donors (Lipinski definition) is 1. The summed E-state index contributed by atoms with van der Waals surface area (Å²) >= 11 is 2.19. The van der Waals surface area contributed by atoms with Gasteiger partial charge < -0.3 is 10.1 Å². The molecule has 0 unspecified atom stereocenters. The van der Waals surface area contributed by atoms with Crippen LogP contribution in [0.1, 0.15) is 19.3 Å². The number of hydrogen-bond acceptors (Lipinski definition) is 4. The van der Waals surface area contributed by atoms with Gasteiger partial charge in [-0.25, -0.2) is 0 Å². The molecule has 26 heavy (non-hydrogen) atoms. The van der Waals surface area contributed by atoms with Crippen molar-refractivity contribution in [2.24, 2.45) is 0 Å². The molecule has 3 amide bonds. The summed E-state index contributed by atoms with van der Waals surface area (Å²) in [4.78, 5) is 37.0. The van der Waals surface area contributed by atoms with Crippen molar-refractivity contribution in [2.75, 3.05) is 16.8 Å². The van der Waals surface area contributed by atoms with Crippen LogP contribution in [0.25, 0.3) is 0 Å². The van der Waals surface area contributed by atoms with Crippen LogP contribution in [0.15, 0.2) is 48.5 Å². The highest BCUT2D eigenvalue weighted by molar-refractivity contribution is 14.1. The van der Waals surface area contributed by atoms with E-state index in [0.29, 0.717) is 36.4 Å². The first kappa shape index (κ1) is 18.4. The number of imide groups is 1. The maximum Gasteiger partial charge on any atom is 0.262 e. The molecule has 0 aliphatic carbocycles. The zero-order valence-corrected chi connectivity index (χ0v) is 16.1. The molecular formula is C19H17IN2O4. The highest BCUT2D eigenvalue weighted by atomic mass is 127. The van der Waals surface area contributed by atoms with Crippen molar-refractivity contribution in [1.82, 2.24) is 0 Å². The van der Waals surface area contributed by atoms with Gasteiger partial charge in [0.1, 0.15) is 5.75 Å². The first-order valence-electron chi connectivity index (χ1n) is 8.17. The molecule has 3 rings (SSSR count). The Kier molecular flexibility index (Phi) is 5.87. The third kappa shape index (κ3) is 4.60. The second kappa shape index (κ2) is 8.31. The number of nitrogens with zero attached hydrogens (tertiary/aromatic N) is 1. The van der Waals surface area contributed by atoms with E-state index < -0.39 is 0 Å². The van der Waals surface area contributed by atoms with Crippen molar-refractivity contribution >= 4 is 51.7 Å². The predicted molar refractivity (Wildman–Crippen MR) is 106 cm³/mol. The lowest BCUT2D eigenvalue weighted by molar-refractivity contribution is -0.129. The number of ether oxygens (including phenoxy) is 1. The Morgan fingerprint density at radius 1 is 1.00 bits per heavy atom. The number of carbonyl (C=O) groups excluding carboxylic acids is 3. The fourth-order valence-electron chi connectivity index (χ4n) is 2.61. The second-order valence-electron chi connectivity index (χ2n) is 5.81. The number of amides is 3. The van der Waals surface area contributed by atoms with Gasteiger partial charge in [-0.3, -0.25) is 19.3 Å². The zero-order valence-electron chi connectivity index (χ0n) is 13.9. The van der Waals surface area contributed by atoms with E-state index in [1.807, 2.05) is 12.1 Å². The largest absolute Gasteiger partial charge is 0.484 e. The van der Waals surface area contributed by atoms with E-state index in [1.165, 1.54) is 4.90 Å². The lowest BCUT2D eigenvalue weighted by Crippen LogP contribution is -2.40. The van der Waals surface area contributed by atoms with Gasteiger partial charge in [0.25, 0.3) is 5.91 Å². The first-order valence-corrected chi connectivity index (χ1v) is 9.25. The molecule has 1 aliphatic heterocycles.